The lowest BCUT2D eigenvalue weighted by molar-refractivity contribution is 0.0193. The second-order valence-corrected chi connectivity index (χ2v) is 8.12. The van der Waals surface area contributed by atoms with Crippen LogP contribution in [0.5, 0.6) is 11.8 Å². The van der Waals surface area contributed by atoms with Crippen LogP contribution in [0.4, 0.5) is 4.79 Å². The lowest BCUT2D eigenvalue weighted by Crippen LogP contribution is -2.26. The van der Waals surface area contributed by atoms with E-state index in [9.17, 15) is 4.79 Å². The van der Waals surface area contributed by atoms with Gasteiger partial charge in [0.15, 0.2) is 0 Å². The third kappa shape index (κ3) is 4.56. The lowest BCUT2D eigenvalue weighted by Gasteiger charge is -2.19. The molecular weight excluding hydrogens is 406 g/mol. The highest BCUT2D eigenvalue weighted by Gasteiger charge is 2.28. The number of pyridine rings is 1. The smallest absolute Gasteiger partial charge is 0.476 e. The Morgan fingerprint density at radius 2 is 1.69 bits per heavy atom. The minimum atomic E-state index is -0.834. The van der Waals surface area contributed by atoms with Gasteiger partial charge in [-0.15, -0.1) is 5.10 Å². The number of carbonyl (C=O) groups is 1. The summed E-state index contributed by atoms with van der Waals surface area (Å²) in [6.45, 7) is 7.59. The van der Waals surface area contributed by atoms with Crippen LogP contribution in [0.3, 0.4) is 0 Å². The quantitative estimate of drug-likeness (QED) is 0.372. The van der Waals surface area contributed by atoms with E-state index < -0.39 is 11.8 Å². The Hall–Kier alpha value is -3.87. The Bertz CT molecular complexity index is 1240. The van der Waals surface area contributed by atoms with Crippen molar-refractivity contribution < 1.29 is 19.0 Å². The highest BCUT2D eigenvalue weighted by Crippen LogP contribution is 2.40. The van der Waals surface area contributed by atoms with Crippen LogP contribution in [0.2, 0.25) is 0 Å². The molecule has 2 heterocycles. The van der Waals surface area contributed by atoms with Crippen LogP contribution in [0.25, 0.3) is 27.8 Å². The molecule has 4 aromatic rings. The zero-order chi connectivity index (χ0) is 22.7. The molecule has 0 bridgehead atoms. The summed E-state index contributed by atoms with van der Waals surface area (Å²) in [5.41, 5.74) is 1.86. The van der Waals surface area contributed by atoms with Gasteiger partial charge in [-0.25, -0.2) is 9.78 Å². The average Bonchev–Trinajstić information content (AvgIpc) is 3.10. The van der Waals surface area contributed by atoms with Crippen LogP contribution in [0, 0.1) is 0 Å². The minimum absolute atomic E-state index is 0.177. The predicted octanol–water partition coefficient (Wildman–Crippen LogP) is 5.80. The zero-order valence-electron chi connectivity index (χ0n) is 18.5. The maximum atomic E-state index is 12.6. The monoisotopic (exact) mass is 431 g/mol. The topological polar surface area (TPSA) is 75.5 Å². The van der Waals surface area contributed by atoms with Gasteiger partial charge in [0, 0.05) is 5.39 Å². The molecule has 2 aromatic heterocycles. The summed E-state index contributed by atoms with van der Waals surface area (Å²) >= 11 is 0. The molecule has 7 nitrogen and oxygen atoms in total. The first-order valence-corrected chi connectivity index (χ1v) is 10.4. The van der Waals surface area contributed by atoms with Gasteiger partial charge in [-0.3, -0.25) is 0 Å². The van der Waals surface area contributed by atoms with E-state index in [4.69, 9.17) is 19.2 Å². The number of hydrogen-bond donors (Lipinski definition) is 0. The average molecular weight is 431 g/mol. The maximum absolute atomic E-state index is 12.6. The highest BCUT2D eigenvalue weighted by molar-refractivity contribution is 5.84. The van der Waals surface area contributed by atoms with E-state index in [1.54, 1.807) is 20.8 Å². The van der Waals surface area contributed by atoms with Crippen molar-refractivity contribution in [3.8, 4) is 28.7 Å². The molecule has 0 saturated heterocycles. The second-order valence-electron chi connectivity index (χ2n) is 8.12. The summed E-state index contributed by atoms with van der Waals surface area (Å²) in [6.07, 6.45) is -0.834. The van der Waals surface area contributed by atoms with E-state index in [2.05, 4.69) is 5.10 Å². The summed E-state index contributed by atoms with van der Waals surface area (Å²) in [6, 6.07) is 21.0. The summed E-state index contributed by atoms with van der Waals surface area (Å²) in [4.78, 5) is 17.4. The number of benzene rings is 2. The van der Waals surface area contributed by atoms with Crippen LogP contribution < -0.4 is 9.47 Å². The standard InChI is InChI=1S/C25H25N3O4/c1-5-30-22-21(20-16-15-17-11-9-10-14-19(17)26-20)23(31-24(29)32-25(2,3)4)28(27-22)18-12-7-6-8-13-18/h6-16H,5H2,1-4H3. The molecule has 2 aromatic carbocycles. The van der Waals surface area contributed by atoms with E-state index >= 15 is 0 Å². The van der Waals surface area contributed by atoms with Gasteiger partial charge in [0.1, 0.15) is 11.2 Å². The highest BCUT2D eigenvalue weighted by atomic mass is 16.7. The largest absolute Gasteiger partial charge is 0.515 e. The van der Waals surface area contributed by atoms with Crippen molar-refractivity contribution in [1.29, 1.82) is 0 Å². The summed E-state index contributed by atoms with van der Waals surface area (Å²) in [5, 5.41) is 5.60. The number of hydrogen-bond acceptors (Lipinski definition) is 6. The Morgan fingerprint density at radius 1 is 0.969 bits per heavy atom. The van der Waals surface area contributed by atoms with Gasteiger partial charge in [-0.1, -0.05) is 42.5 Å². The van der Waals surface area contributed by atoms with E-state index in [0.717, 1.165) is 10.9 Å². The number of ether oxygens (including phenoxy) is 3. The first kappa shape index (κ1) is 21.4. The number of carbonyl (C=O) groups excluding carboxylic acids is 1. The molecule has 0 saturated carbocycles. The van der Waals surface area contributed by atoms with Crippen molar-refractivity contribution in [1.82, 2.24) is 14.8 Å². The summed E-state index contributed by atoms with van der Waals surface area (Å²) in [5.74, 6) is 0.495. The Kier molecular flexibility index (Phi) is 5.81. The first-order valence-electron chi connectivity index (χ1n) is 10.4. The van der Waals surface area contributed by atoms with Gasteiger partial charge < -0.3 is 14.2 Å². The summed E-state index contributed by atoms with van der Waals surface area (Å²) in [7, 11) is 0. The minimum Gasteiger partial charge on any atom is -0.476 e. The molecule has 0 radical (unpaired) electrons. The Balaban J connectivity index is 1.91. The van der Waals surface area contributed by atoms with Crippen molar-refractivity contribution in [2.75, 3.05) is 6.61 Å². The lowest BCUT2D eigenvalue weighted by atomic mass is 10.1. The molecule has 7 heteroatoms. The van der Waals surface area contributed by atoms with Crippen LogP contribution in [0.1, 0.15) is 27.7 Å². The normalized spacial score (nSPS) is 11.4. The molecular formula is C25H25N3O4. The van der Waals surface area contributed by atoms with Gasteiger partial charge in [0.2, 0.25) is 11.8 Å². The molecule has 0 fully saturated rings. The van der Waals surface area contributed by atoms with E-state index in [1.165, 1.54) is 4.68 Å². The molecule has 0 aliphatic heterocycles. The number of aromatic nitrogens is 3. The van der Waals surface area contributed by atoms with Crippen LogP contribution in [-0.4, -0.2) is 33.1 Å². The van der Waals surface area contributed by atoms with Gasteiger partial charge in [0.05, 0.1) is 23.5 Å². The molecule has 0 spiro atoms. The van der Waals surface area contributed by atoms with Crippen molar-refractivity contribution in [2.24, 2.45) is 0 Å². The Morgan fingerprint density at radius 3 is 2.41 bits per heavy atom. The molecule has 164 valence electrons. The van der Waals surface area contributed by atoms with E-state index in [-0.39, 0.29) is 5.88 Å². The second kappa shape index (κ2) is 8.70. The fourth-order valence-electron chi connectivity index (χ4n) is 3.23. The molecule has 4 rings (SSSR count). The van der Waals surface area contributed by atoms with Gasteiger partial charge in [-0.05, 0) is 52.0 Å². The van der Waals surface area contributed by atoms with Crippen LogP contribution in [0.15, 0.2) is 66.7 Å². The number of para-hydroxylation sites is 2. The molecule has 32 heavy (non-hydrogen) atoms. The van der Waals surface area contributed by atoms with E-state index in [1.807, 2.05) is 73.7 Å². The van der Waals surface area contributed by atoms with Crippen LogP contribution in [-0.2, 0) is 4.74 Å². The molecule has 0 aliphatic rings. The third-order valence-electron chi connectivity index (χ3n) is 4.52. The molecule has 0 atom stereocenters. The number of fused-ring (bicyclic) bond motifs is 1. The maximum Gasteiger partial charge on any atom is 0.515 e. The van der Waals surface area contributed by atoms with Crippen molar-refractivity contribution in [3.63, 3.8) is 0 Å². The molecule has 0 amide bonds. The number of nitrogens with zero attached hydrogens (tertiary/aromatic N) is 3. The zero-order valence-corrected chi connectivity index (χ0v) is 18.5. The molecule has 0 unspecified atom stereocenters. The summed E-state index contributed by atoms with van der Waals surface area (Å²) < 4.78 is 18.5. The SMILES string of the molecule is CCOc1nn(-c2ccccc2)c(OC(=O)OC(C)(C)C)c1-c1ccc2ccccc2n1. The first-order chi connectivity index (χ1) is 15.4. The van der Waals surface area contributed by atoms with Crippen LogP contribution >= 0.6 is 0 Å². The number of rotatable bonds is 5. The Labute approximate surface area is 186 Å². The van der Waals surface area contributed by atoms with Gasteiger partial charge in [0.25, 0.3) is 0 Å². The van der Waals surface area contributed by atoms with Gasteiger partial charge in [-0.2, -0.15) is 4.68 Å². The van der Waals surface area contributed by atoms with Crippen molar-refractivity contribution >= 4 is 17.1 Å². The van der Waals surface area contributed by atoms with Crippen molar-refractivity contribution in [3.05, 3.63) is 66.7 Å². The van der Waals surface area contributed by atoms with E-state index in [0.29, 0.717) is 29.4 Å². The molecule has 0 aliphatic carbocycles. The fourth-order valence-corrected chi connectivity index (χ4v) is 3.23. The predicted molar refractivity (Wildman–Crippen MR) is 122 cm³/mol. The fraction of sp³-hybridized carbons (Fsp3) is 0.240. The van der Waals surface area contributed by atoms with Crippen molar-refractivity contribution in [2.45, 2.75) is 33.3 Å². The molecule has 0 N–H and O–H groups in total. The third-order valence-corrected chi connectivity index (χ3v) is 4.52. The van der Waals surface area contributed by atoms with Gasteiger partial charge >= 0.3 is 6.16 Å².